The van der Waals surface area contributed by atoms with Crippen LogP contribution in [0, 0.1) is 0 Å². The molecule has 6 nitrogen and oxygen atoms in total. The fourth-order valence-corrected chi connectivity index (χ4v) is 2.84. The van der Waals surface area contributed by atoms with E-state index in [-0.39, 0.29) is 11.6 Å². The lowest BCUT2D eigenvalue weighted by atomic mass is 10.2. The number of allylic oxidation sites excluding steroid dienone is 1. The van der Waals surface area contributed by atoms with Gasteiger partial charge in [0.2, 0.25) is 0 Å². The standard InChI is InChI=1S/C18H16N4O2S/c1-24-16-8-3-2-6-13(16)7-4-10-19-22-18(23)15-12-14(20-21-15)17-9-5-11-25-17/h2-12H,1H3,(H,20,21)(H,22,23)/b7-4+,19-10+. The van der Waals surface area contributed by atoms with Crippen molar-refractivity contribution in [3.63, 3.8) is 0 Å². The number of amides is 1. The largest absolute Gasteiger partial charge is 0.496 e. The molecule has 25 heavy (non-hydrogen) atoms. The minimum atomic E-state index is -0.374. The van der Waals surface area contributed by atoms with Crippen LogP contribution in [-0.4, -0.2) is 29.4 Å². The van der Waals surface area contributed by atoms with E-state index in [1.807, 2.05) is 47.9 Å². The van der Waals surface area contributed by atoms with Gasteiger partial charge in [-0.1, -0.05) is 24.3 Å². The van der Waals surface area contributed by atoms with Crippen LogP contribution >= 0.6 is 11.3 Å². The number of H-pyrrole nitrogens is 1. The summed E-state index contributed by atoms with van der Waals surface area (Å²) in [5.74, 6) is 0.398. The number of thiophene rings is 1. The highest BCUT2D eigenvalue weighted by Crippen LogP contribution is 2.22. The zero-order valence-corrected chi connectivity index (χ0v) is 14.3. The Morgan fingerprint density at radius 1 is 1.32 bits per heavy atom. The number of hydrogen-bond acceptors (Lipinski definition) is 5. The zero-order chi connectivity index (χ0) is 17.5. The molecule has 0 radical (unpaired) electrons. The minimum absolute atomic E-state index is 0.286. The van der Waals surface area contributed by atoms with Gasteiger partial charge in [-0.3, -0.25) is 9.89 Å². The summed E-state index contributed by atoms with van der Waals surface area (Å²) < 4.78 is 5.25. The summed E-state index contributed by atoms with van der Waals surface area (Å²) in [6.45, 7) is 0. The van der Waals surface area contributed by atoms with Crippen molar-refractivity contribution in [3.05, 3.63) is 65.2 Å². The van der Waals surface area contributed by atoms with E-state index < -0.39 is 0 Å². The lowest BCUT2D eigenvalue weighted by Gasteiger charge is -2.02. The van der Waals surface area contributed by atoms with Crippen molar-refractivity contribution in [2.75, 3.05) is 7.11 Å². The number of ether oxygens (including phenoxy) is 1. The Morgan fingerprint density at radius 3 is 3.00 bits per heavy atom. The Morgan fingerprint density at radius 2 is 2.20 bits per heavy atom. The molecule has 1 amide bonds. The summed E-state index contributed by atoms with van der Waals surface area (Å²) in [6.07, 6.45) is 5.06. The highest BCUT2D eigenvalue weighted by Gasteiger charge is 2.10. The Hall–Kier alpha value is -3.19. The average molecular weight is 352 g/mol. The molecular formula is C18H16N4O2S. The van der Waals surface area contributed by atoms with E-state index in [1.165, 1.54) is 6.21 Å². The smallest absolute Gasteiger partial charge is 0.291 e. The Bertz CT molecular complexity index is 897. The van der Waals surface area contributed by atoms with Crippen molar-refractivity contribution in [3.8, 4) is 16.3 Å². The molecule has 0 aliphatic carbocycles. The number of carbonyl (C=O) groups excluding carboxylic acids is 1. The number of hydrazone groups is 1. The first kappa shape index (κ1) is 16.7. The number of aromatic nitrogens is 2. The van der Waals surface area contributed by atoms with Gasteiger partial charge in [0.05, 0.1) is 17.7 Å². The van der Waals surface area contributed by atoms with Crippen LogP contribution in [0.1, 0.15) is 16.1 Å². The molecule has 2 aromatic heterocycles. The fourth-order valence-electron chi connectivity index (χ4n) is 2.14. The van der Waals surface area contributed by atoms with E-state index in [0.29, 0.717) is 0 Å². The highest BCUT2D eigenvalue weighted by atomic mass is 32.1. The molecule has 0 aliphatic heterocycles. The normalized spacial score (nSPS) is 11.2. The molecule has 126 valence electrons. The lowest BCUT2D eigenvalue weighted by Crippen LogP contribution is -2.17. The second kappa shape index (κ2) is 8.07. The SMILES string of the molecule is COc1ccccc1/C=C/C=N/NC(=O)c1cc(-c2cccs2)[nH]n1. The minimum Gasteiger partial charge on any atom is -0.496 e. The number of para-hydroxylation sites is 1. The van der Waals surface area contributed by atoms with Gasteiger partial charge in [-0.05, 0) is 35.7 Å². The maximum Gasteiger partial charge on any atom is 0.291 e. The molecule has 0 spiro atoms. The molecule has 0 fully saturated rings. The van der Waals surface area contributed by atoms with E-state index in [2.05, 4.69) is 20.7 Å². The first-order valence-electron chi connectivity index (χ1n) is 7.50. The number of rotatable bonds is 6. The Kier molecular flexibility index (Phi) is 5.38. The third-order valence-electron chi connectivity index (χ3n) is 3.34. The van der Waals surface area contributed by atoms with Crippen LogP contribution in [0.4, 0.5) is 0 Å². The molecular weight excluding hydrogens is 336 g/mol. The summed E-state index contributed by atoms with van der Waals surface area (Å²) >= 11 is 1.57. The van der Waals surface area contributed by atoms with E-state index in [4.69, 9.17) is 4.74 Å². The number of aromatic amines is 1. The van der Waals surface area contributed by atoms with Gasteiger partial charge in [0.15, 0.2) is 5.69 Å². The first-order chi connectivity index (χ1) is 12.3. The maximum absolute atomic E-state index is 12.0. The molecule has 0 atom stereocenters. The van der Waals surface area contributed by atoms with Crippen LogP contribution in [0.15, 0.2) is 59.0 Å². The quantitative estimate of drug-likeness (QED) is 0.526. The van der Waals surface area contributed by atoms with Crippen molar-refractivity contribution in [2.45, 2.75) is 0 Å². The van der Waals surface area contributed by atoms with Crippen LogP contribution in [0.25, 0.3) is 16.6 Å². The van der Waals surface area contributed by atoms with E-state index in [1.54, 1.807) is 30.6 Å². The third-order valence-corrected chi connectivity index (χ3v) is 4.24. The summed E-state index contributed by atoms with van der Waals surface area (Å²) in [7, 11) is 1.62. The maximum atomic E-state index is 12.0. The monoisotopic (exact) mass is 352 g/mol. The Balaban J connectivity index is 1.57. The van der Waals surface area contributed by atoms with Crippen molar-refractivity contribution < 1.29 is 9.53 Å². The lowest BCUT2D eigenvalue weighted by molar-refractivity contribution is 0.0950. The van der Waals surface area contributed by atoms with Gasteiger partial charge in [0.1, 0.15) is 5.75 Å². The van der Waals surface area contributed by atoms with E-state index >= 15 is 0 Å². The van der Waals surface area contributed by atoms with Gasteiger partial charge in [0.25, 0.3) is 5.91 Å². The number of methoxy groups -OCH3 is 1. The summed E-state index contributed by atoms with van der Waals surface area (Å²) in [6, 6.07) is 13.2. The second-order valence-electron chi connectivity index (χ2n) is 4.96. The van der Waals surface area contributed by atoms with Crippen molar-refractivity contribution >= 4 is 29.5 Å². The third kappa shape index (κ3) is 4.21. The molecule has 2 heterocycles. The van der Waals surface area contributed by atoms with Crippen LogP contribution < -0.4 is 10.2 Å². The Labute approximate surface area is 148 Å². The molecule has 7 heteroatoms. The van der Waals surface area contributed by atoms with Crippen LogP contribution in [0.2, 0.25) is 0 Å². The summed E-state index contributed by atoms with van der Waals surface area (Å²) in [4.78, 5) is 13.0. The van der Waals surface area contributed by atoms with Gasteiger partial charge in [-0.15, -0.1) is 11.3 Å². The van der Waals surface area contributed by atoms with Gasteiger partial charge < -0.3 is 4.74 Å². The van der Waals surface area contributed by atoms with E-state index in [9.17, 15) is 4.79 Å². The van der Waals surface area contributed by atoms with Crippen molar-refractivity contribution in [2.24, 2.45) is 5.10 Å². The number of hydrogen-bond donors (Lipinski definition) is 2. The average Bonchev–Trinajstić information content (AvgIpc) is 3.33. The van der Waals surface area contributed by atoms with Crippen molar-refractivity contribution in [1.29, 1.82) is 0 Å². The van der Waals surface area contributed by atoms with Crippen LogP contribution in [-0.2, 0) is 0 Å². The molecule has 1 aromatic carbocycles. The van der Waals surface area contributed by atoms with Gasteiger partial charge >= 0.3 is 0 Å². The highest BCUT2D eigenvalue weighted by molar-refractivity contribution is 7.13. The van der Waals surface area contributed by atoms with Crippen molar-refractivity contribution in [1.82, 2.24) is 15.6 Å². The molecule has 0 unspecified atom stereocenters. The molecule has 0 bridgehead atoms. The second-order valence-corrected chi connectivity index (χ2v) is 5.91. The first-order valence-corrected chi connectivity index (χ1v) is 8.38. The number of nitrogens with one attached hydrogen (secondary N) is 2. The number of benzene rings is 1. The summed E-state index contributed by atoms with van der Waals surface area (Å²) in [5, 5.41) is 12.7. The van der Waals surface area contributed by atoms with Crippen LogP contribution in [0.5, 0.6) is 5.75 Å². The number of nitrogens with zero attached hydrogens (tertiary/aromatic N) is 2. The van der Waals surface area contributed by atoms with Gasteiger partial charge in [0, 0.05) is 11.8 Å². The van der Waals surface area contributed by atoms with Gasteiger partial charge in [-0.2, -0.15) is 10.2 Å². The predicted octanol–water partition coefficient (Wildman–Crippen LogP) is 3.58. The topological polar surface area (TPSA) is 79.4 Å². The van der Waals surface area contributed by atoms with Gasteiger partial charge in [-0.25, -0.2) is 5.43 Å². The molecule has 3 aromatic rings. The number of carbonyl (C=O) groups is 1. The predicted molar refractivity (Wildman–Crippen MR) is 99.9 cm³/mol. The molecule has 0 saturated carbocycles. The molecule has 2 N–H and O–H groups in total. The van der Waals surface area contributed by atoms with Crippen LogP contribution in [0.3, 0.4) is 0 Å². The summed E-state index contributed by atoms with van der Waals surface area (Å²) in [5.41, 5.74) is 4.46. The zero-order valence-electron chi connectivity index (χ0n) is 13.5. The van der Waals surface area contributed by atoms with E-state index in [0.717, 1.165) is 21.9 Å². The molecule has 0 saturated heterocycles. The fraction of sp³-hybridized carbons (Fsp3) is 0.0556. The molecule has 3 rings (SSSR count). The molecule has 0 aliphatic rings.